The average Bonchev–Trinajstić information content (AvgIpc) is 2.36. The highest BCUT2D eigenvalue weighted by Crippen LogP contribution is 2.39. The predicted molar refractivity (Wildman–Crippen MR) is 77.7 cm³/mol. The summed E-state index contributed by atoms with van der Waals surface area (Å²) in [5.74, 6) is 0.399. The third kappa shape index (κ3) is 3.77. The molecule has 3 heteroatoms. The number of aliphatic hydroxyl groups is 1. The largest absolute Gasteiger partial charge is 0.392 e. The van der Waals surface area contributed by atoms with Crippen molar-refractivity contribution < 1.29 is 5.11 Å². The Labute approximate surface area is 116 Å². The number of hydrogen-bond donors (Lipinski definition) is 1. The first-order valence-electron chi connectivity index (χ1n) is 7.24. The van der Waals surface area contributed by atoms with Crippen LogP contribution in [0.5, 0.6) is 0 Å². The Bertz CT molecular complexity index is 391. The highest BCUT2D eigenvalue weighted by atomic mass is 16.3. The molecule has 1 fully saturated rings. The van der Waals surface area contributed by atoms with Gasteiger partial charge in [0, 0.05) is 25.5 Å². The second kappa shape index (κ2) is 6.02. The normalized spacial score (nSPS) is 26.6. The Balaban J connectivity index is 1.90. The van der Waals surface area contributed by atoms with Crippen molar-refractivity contribution in [2.45, 2.75) is 45.8 Å². The highest BCUT2D eigenvalue weighted by Gasteiger charge is 2.37. The number of aromatic nitrogens is 1. The Hall–Kier alpha value is -0.930. The summed E-state index contributed by atoms with van der Waals surface area (Å²) in [6, 6.07) is 4.11. The van der Waals surface area contributed by atoms with Crippen LogP contribution in [0, 0.1) is 11.3 Å². The zero-order valence-electron chi connectivity index (χ0n) is 12.3. The molecule has 0 saturated heterocycles. The fourth-order valence-electron chi connectivity index (χ4n) is 3.22. The van der Waals surface area contributed by atoms with Crippen LogP contribution in [0.3, 0.4) is 0 Å². The molecule has 0 bridgehead atoms. The highest BCUT2D eigenvalue weighted by molar-refractivity contribution is 5.09. The van der Waals surface area contributed by atoms with Crippen LogP contribution < -0.4 is 0 Å². The van der Waals surface area contributed by atoms with E-state index < -0.39 is 0 Å². The number of pyridine rings is 1. The maximum Gasteiger partial charge on any atom is 0.0631 e. The van der Waals surface area contributed by atoms with Gasteiger partial charge in [-0.3, -0.25) is 4.98 Å². The van der Waals surface area contributed by atoms with Gasteiger partial charge >= 0.3 is 0 Å². The van der Waals surface area contributed by atoms with Gasteiger partial charge in [0.25, 0.3) is 0 Å². The first-order chi connectivity index (χ1) is 8.99. The lowest BCUT2D eigenvalue weighted by atomic mass is 9.69. The van der Waals surface area contributed by atoms with Crippen molar-refractivity contribution >= 4 is 0 Å². The molecule has 1 saturated carbocycles. The standard InChI is InChI=1S/C16H26N2O/c1-16(2)8-4-5-14(15(16)19)12-18(3)11-13-6-9-17-10-7-13/h6-7,9-10,14-15,19H,4-5,8,11-12H2,1-3H3. The van der Waals surface area contributed by atoms with Gasteiger partial charge in [0.15, 0.2) is 0 Å². The lowest BCUT2D eigenvalue weighted by Gasteiger charge is -2.42. The van der Waals surface area contributed by atoms with E-state index in [9.17, 15) is 5.11 Å². The van der Waals surface area contributed by atoms with Crippen molar-refractivity contribution in [1.82, 2.24) is 9.88 Å². The Morgan fingerprint density at radius 1 is 1.37 bits per heavy atom. The van der Waals surface area contributed by atoms with Crippen molar-refractivity contribution in [3.05, 3.63) is 30.1 Å². The van der Waals surface area contributed by atoms with Crippen LogP contribution in [0.1, 0.15) is 38.7 Å². The van der Waals surface area contributed by atoms with Crippen molar-refractivity contribution in [1.29, 1.82) is 0 Å². The smallest absolute Gasteiger partial charge is 0.0631 e. The maximum absolute atomic E-state index is 10.5. The summed E-state index contributed by atoms with van der Waals surface area (Å²) in [6.07, 6.45) is 7.01. The molecule has 1 aromatic heterocycles. The lowest BCUT2D eigenvalue weighted by Crippen LogP contribution is -2.44. The van der Waals surface area contributed by atoms with Gasteiger partial charge in [-0.15, -0.1) is 0 Å². The summed E-state index contributed by atoms with van der Waals surface area (Å²) in [6.45, 7) is 6.26. The second-order valence-electron chi connectivity index (χ2n) is 6.64. The van der Waals surface area contributed by atoms with Crippen molar-refractivity contribution in [2.24, 2.45) is 11.3 Å². The molecule has 2 rings (SSSR count). The van der Waals surface area contributed by atoms with E-state index in [0.29, 0.717) is 5.92 Å². The van der Waals surface area contributed by atoms with Gasteiger partial charge in [-0.2, -0.15) is 0 Å². The molecular formula is C16H26N2O. The van der Waals surface area contributed by atoms with Gasteiger partial charge in [-0.05, 0) is 48.9 Å². The maximum atomic E-state index is 10.5. The molecule has 0 aliphatic heterocycles. The number of aliphatic hydroxyl groups excluding tert-OH is 1. The molecular weight excluding hydrogens is 236 g/mol. The van der Waals surface area contributed by atoms with Gasteiger partial charge < -0.3 is 10.0 Å². The fraction of sp³-hybridized carbons (Fsp3) is 0.688. The lowest BCUT2D eigenvalue weighted by molar-refractivity contribution is -0.0414. The van der Waals surface area contributed by atoms with E-state index >= 15 is 0 Å². The van der Waals surface area contributed by atoms with Gasteiger partial charge in [-0.1, -0.05) is 20.3 Å². The molecule has 1 aliphatic rings. The van der Waals surface area contributed by atoms with Crippen molar-refractivity contribution in [3.8, 4) is 0 Å². The molecule has 1 aromatic rings. The zero-order chi connectivity index (χ0) is 13.9. The summed E-state index contributed by atoms with van der Waals surface area (Å²) in [4.78, 5) is 6.35. The van der Waals surface area contributed by atoms with Crippen LogP contribution in [-0.4, -0.2) is 34.7 Å². The fourth-order valence-corrected chi connectivity index (χ4v) is 3.22. The van der Waals surface area contributed by atoms with Crippen LogP contribution in [-0.2, 0) is 6.54 Å². The minimum atomic E-state index is -0.179. The third-order valence-electron chi connectivity index (χ3n) is 4.39. The Kier molecular flexibility index (Phi) is 4.58. The predicted octanol–water partition coefficient (Wildman–Crippen LogP) is 2.70. The molecule has 1 N–H and O–H groups in total. The first-order valence-corrected chi connectivity index (χ1v) is 7.24. The zero-order valence-corrected chi connectivity index (χ0v) is 12.3. The summed E-state index contributed by atoms with van der Waals surface area (Å²) in [7, 11) is 2.13. The van der Waals surface area contributed by atoms with Crippen LogP contribution in [0.4, 0.5) is 0 Å². The average molecular weight is 262 g/mol. The molecule has 1 aliphatic carbocycles. The van der Waals surface area contributed by atoms with E-state index in [1.807, 2.05) is 12.4 Å². The molecule has 2 atom stereocenters. The quantitative estimate of drug-likeness (QED) is 0.906. The van der Waals surface area contributed by atoms with Crippen LogP contribution in [0.25, 0.3) is 0 Å². The summed E-state index contributed by atoms with van der Waals surface area (Å²) in [5.41, 5.74) is 1.35. The number of nitrogens with zero attached hydrogens (tertiary/aromatic N) is 2. The molecule has 0 spiro atoms. The van der Waals surface area contributed by atoms with E-state index in [4.69, 9.17) is 0 Å². The molecule has 1 heterocycles. The third-order valence-corrected chi connectivity index (χ3v) is 4.39. The minimum absolute atomic E-state index is 0.0699. The molecule has 0 amide bonds. The topological polar surface area (TPSA) is 36.4 Å². The van der Waals surface area contributed by atoms with Crippen LogP contribution in [0.15, 0.2) is 24.5 Å². The van der Waals surface area contributed by atoms with Crippen molar-refractivity contribution in [2.75, 3.05) is 13.6 Å². The monoisotopic (exact) mass is 262 g/mol. The van der Waals surface area contributed by atoms with Gasteiger partial charge in [0.1, 0.15) is 0 Å². The van der Waals surface area contributed by atoms with E-state index in [2.05, 4.69) is 42.9 Å². The summed E-state index contributed by atoms with van der Waals surface area (Å²) >= 11 is 0. The van der Waals surface area contributed by atoms with E-state index in [1.54, 1.807) is 0 Å². The summed E-state index contributed by atoms with van der Waals surface area (Å²) in [5, 5.41) is 10.5. The van der Waals surface area contributed by atoms with Gasteiger partial charge in [0.2, 0.25) is 0 Å². The SMILES string of the molecule is CN(Cc1ccncc1)CC1CCCC(C)(C)C1O. The van der Waals surface area contributed by atoms with Gasteiger partial charge in [-0.25, -0.2) is 0 Å². The van der Waals surface area contributed by atoms with Crippen molar-refractivity contribution in [3.63, 3.8) is 0 Å². The minimum Gasteiger partial charge on any atom is -0.392 e. The molecule has 19 heavy (non-hydrogen) atoms. The van der Waals surface area contributed by atoms with E-state index in [1.165, 1.54) is 12.0 Å². The number of hydrogen-bond acceptors (Lipinski definition) is 3. The Morgan fingerprint density at radius 2 is 2.05 bits per heavy atom. The summed E-state index contributed by atoms with van der Waals surface area (Å²) < 4.78 is 0. The van der Waals surface area contributed by atoms with Crippen LogP contribution in [0.2, 0.25) is 0 Å². The number of rotatable bonds is 4. The molecule has 0 aromatic carbocycles. The molecule has 106 valence electrons. The molecule has 0 radical (unpaired) electrons. The van der Waals surface area contributed by atoms with E-state index in [0.717, 1.165) is 25.9 Å². The molecule has 2 unspecified atom stereocenters. The van der Waals surface area contributed by atoms with Gasteiger partial charge in [0.05, 0.1) is 6.10 Å². The molecule has 3 nitrogen and oxygen atoms in total. The van der Waals surface area contributed by atoms with Crippen LogP contribution >= 0.6 is 0 Å². The second-order valence-corrected chi connectivity index (χ2v) is 6.64. The van der Waals surface area contributed by atoms with E-state index in [-0.39, 0.29) is 11.5 Å². The first kappa shape index (κ1) is 14.5. The Morgan fingerprint density at radius 3 is 2.74 bits per heavy atom.